The van der Waals surface area contributed by atoms with Gasteiger partial charge in [-0.25, -0.2) is 4.98 Å². The first-order valence-electron chi connectivity index (χ1n) is 10.3. The number of nitrogen functional groups attached to an aromatic ring is 1. The fourth-order valence-electron chi connectivity index (χ4n) is 3.13. The molecule has 3 aromatic rings. The number of halogens is 1. The number of benzene rings is 1. The van der Waals surface area contributed by atoms with Gasteiger partial charge in [0.25, 0.3) is 0 Å². The van der Waals surface area contributed by atoms with Gasteiger partial charge < -0.3 is 20.1 Å². The van der Waals surface area contributed by atoms with Crippen molar-refractivity contribution in [1.82, 2.24) is 19.5 Å². The van der Waals surface area contributed by atoms with E-state index in [1.165, 1.54) is 0 Å². The fourth-order valence-corrected chi connectivity index (χ4v) is 5.24. The number of nitrogens with two attached hydrogens (primary N) is 1. The molecule has 0 unspecified atom stereocenters. The molecule has 3 rings (SSSR count). The second-order valence-electron chi connectivity index (χ2n) is 6.85. The maximum Gasteiger partial charge on any atom is 0.361 e. The van der Waals surface area contributed by atoms with Crippen LogP contribution in [-0.2, 0) is 20.2 Å². The van der Waals surface area contributed by atoms with E-state index in [1.54, 1.807) is 19.9 Å². The number of fused-ring (bicyclic) bond motifs is 1. The Morgan fingerprint density at radius 3 is 2.58 bits per heavy atom. The Balaban J connectivity index is 1.96. The Morgan fingerprint density at radius 2 is 1.90 bits per heavy atom. The number of aromatic nitrogens is 4. The molecule has 11 heteroatoms. The van der Waals surface area contributed by atoms with E-state index in [9.17, 15) is 4.57 Å². The van der Waals surface area contributed by atoms with Gasteiger partial charge in [-0.15, -0.1) is 0 Å². The molecule has 0 amide bonds. The Labute approximate surface area is 190 Å². The normalized spacial score (nSPS) is 11.9. The molecule has 0 aliphatic heterocycles. The number of rotatable bonds is 11. The first kappa shape index (κ1) is 23.7. The summed E-state index contributed by atoms with van der Waals surface area (Å²) in [6.45, 7) is 7.50. The van der Waals surface area contributed by atoms with Crippen molar-refractivity contribution in [1.29, 1.82) is 0 Å². The zero-order valence-electron chi connectivity index (χ0n) is 18.0. The minimum Gasteiger partial charge on any atom is -0.382 e. The van der Waals surface area contributed by atoms with E-state index in [2.05, 4.69) is 43.1 Å². The average molecular weight is 511 g/mol. The SMILES string of the molecule is CCCCNc1nc(N)c2nc(Br)n(Cc3cccc(P(=O)(OCC)OCC)c3)c2n1. The summed E-state index contributed by atoms with van der Waals surface area (Å²) in [7, 11) is -3.37. The summed E-state index contributed by atoms with van der Waals surface area (Å²) < 4.78 is 26.6. The third-order valence-corrected chi connectivity index (χ3v) is 7.27. The number of anilines is 2. The molecule has 0 fully saturated rings. The lowest BCUT2D eigenvalue weighted by Crippen LogP contribution is -2.13. The van der Waals surface area contributed by atoms with Crippen LogP contribution in [0.5, 0.6) is 0 Å². The zero-order chi connectivity index (χ0) is 22.4. The van der Waals surface area contributed by atoms with Gasteiger partial charge in [0.05, 0.1) is 25.1 Å². The fraction of sp³-hybridized carbons (Fsp3) is 0.450. The van der Waals surface area contributed by atoms with Crippen molar-refractivity contribution in [3.63, 3.8) is 0 Å². The number of nitrogens with zero attached hydrogens (tertiary/aromatic N) is 4. The number of nitrogens with one attached hydrogen (secondary N) is 1. The van der Waals surface area contributed by atoms with Crippen molar-refractivity contribution in [2.45, 2.75) is 40.2 Å². The molecule has 0 atom stereocenters. The van der Waals surface area contributed by atoms with Crippen LogP contribution in [0.3, 0.4) is 0 Å². The minimum absolute atomic E-state index is 0.295. The molecular weight excluding hydrogens is 483 g/mol. The first-order chi connectivity index (χ1) is 14.9. The van der Waals surface area contributed by atoms with E-state index in [0.717, 1.165) is 24.9 Å². The smallest absolute Gasteiger partial charge is 0.361 e. The molecule has 31 heavy (non-hydrogen) atoms. The molecule has 0 aliphatic rings. The van der Waals surface area contributed by atoms with E-state index in [4.69, 9.17) is 14.8 Å². The highest BCUT2D eigenvalue weighted by Gasteiger charge is 2.27. The highest BCUT2D eigenvalue weighted by Crippen LogP contribution is 2.46. The maximum absolute atomic E-state index is 13.1. The molecule has 0 spiro atoms. The van der Waals surface area contributed by atoms with Gasteiger partial charge in [-0.2, -0.15) is 9.97 Å². The largest absolute Gasteiger partial charge is 0.382 e. The molecule has 2 aromatic heterocycles. The summed E-state index contributed by atoms with van der Waals surface area (Å²) in [6.07, 6.45) is 2.08. The number of hydrogen-bond acceptors (Lipinski definition) is 8. The molecule has 9 nitrogen and oxygen atoms in total. The third-order valence-electron chi connectivity index (χ3n) is 4.55. The third kappa shape index (κ3) is 5.44. The molecular formula is C20H28BrN6O3P. The molecule has 2 heterocycles. The molecule has 168 valence electrons. The topological polar surface area (TPSA) is 117 Å². The van der Waals surface area contributed by atoms with E-state index in [1.807, 2.05) is 22.8 Å². The van der Waals surface area contributed by atoms with Gasteiger partial charge in [0.15, 0.2) is 21.7 Å². The quantitative estimate of drug-likeness (QED) is 0.222. The van der Waals surface area contributed by atoms with Crippen LogP contribution in [-0.4, -0.2) is 39.3 Å². The molecule has 1 aromatic carbocycles. The van der Waals surface area contributed by atoms with Crippen molar-refractivity contribution in [3.8, 4) is 0 Å². The van der Waals surface area contributed by atoms with Crippen LogP contribution in [0.25, 0.3) is 11.2 Å². The molecule has 0 saturated carbocycles. The van der Waals surface area contributed by atoms with Gasteiger partial charge in [-0.1, -0.05) is 25.5 Å². The summed E-state index contributed by atoms with van der Waals surface area (Å²) in [5.41, 5.74) is 8.16. The summed E-state index contributed by atoms with van der Waals surface area (Å²) in [4.78, 5) is 13.4. The zero-order valence-corrected chi connectivity index (χ0v) is 20.4. The molecule has 0 radical (unpaired) electrons. The number of unbranched alkanes of at least 4 members (excludes halogenated alkanes) is 1. The van der Waals surface area contributed by atoms with Crippen molar-refractivity contribution >= 4 is 51.8 Å². The summed E-state index contributed by atoms with van der Waals surface area (Å²) in [6, 6.07) is 7.36. The molecule has 0 saturated heterocycles. The van der Waals surface area contributed by atoms with Gasteiger partial charge >= 0.3 is 7.60 Å². The molecule has 3 N–H and O–H groups in total. The van der Waals surface area contributed by atoms with E-state index >= 15 is 0 Å². The summed E-state index contributed by atoms with van der Waals surface area (Å²) >= 11 is 3.50. The van der Waals surface area contributed by atoms with Crippen LogP contribution in [0.4, 0.5) is 11.8 Å². The predicted octanol–water partition coefficient (Wildman–Crippen LogP) is 4.32. The maximum atomic E-state index is 13.1. The van der Waals surface area contributed by atoms with Crippen LogP contribution in [0.15, 0.2) is 29.0 Å². The van der Waals surface area contributed by atoms with Crippen molar-refractivity contribution < 1.29 is 13.6 Å². The van der Waals surface area contributed by atoms with Crippen LogP contribution in [0, 0.1) is 0 Å². The van der Waals surface area contributed by atoms with Gasteiger partial charge in [-0.3, -0.25) is 9.13 Å². The van der Waals surface area contributed by atoms with Gasteiger partial charge in [-0.05, 0) is 53.9 Å². The van der Waals surface area contributed by atoms with Crippen molar-refractivity contribution in [2.75, 3.05) is 30.8 Å². The Hall–Kier alpha value is -2.00. The Morgan fingerprint density at radius 1 is 1.16 bits per heavy atom. The lowest BCUT2D eigenvalue weighted by molar-refractivity contribution is 0.230. The standard InChI is InChI=1S/C20H28BrN6O3P/c1-4-7-11-23-20-25-17(22)16-18(26-20)27(19(21)24-16)13-14-9-8-10-15(12-14)31(28,29-5-2)30-6-3/h8-10,12H,4-7,11,13H2,1-3H3,(H3,22,23,25,26). The highest BCUT2D eigenvalue weighted by atomic mass is 79.9. The minimum atomic E-state index is -3.37. The lowest BCUT2D eigenvalue weighted by atomic mass is 10.2. The van der Waals surface area contributed by atoms with Crippen molar-refractivity contribution in [2.24, 2.45) is 0 Å². The Kier molecular flexibility index (Phi) is 8.05. The second kappa shape index (κ2) is 10.5. The van der Waals surface area contributed by atoms with E-state index in [-0.39, 0.29) is 0 Å². The second-order valence-corrected chi connectivity index (χ2v) is 9.59. The average Bonchev–Trinajstić information content (AvgIpc) is 3.05. The van der Waals surface area contributed by atoms with Gasteiger partial charge in [0, 0.05) is 6.54 Å². The molecule has 0 aliphatic carbocycles. The molecule has 0 bridgehead atoms. The van der Waals surface area contributed by atoms with Crippen LogP contribution in [0.2, 0.25) is 0 Å². The van der Waals surface area contributed by atoms with Crippen molar-refractivity contribution in [3.05, 3.63) is 34.6 Å². The van der Waals surface area contributed by atoms with Crippen LogP contribution < -0.4 is 16.4 Å². The summed E-state index contributed by atoms with van der Waals surface area (Å²) in [5.74, 6) is 0.785. The predicted molar refractivity (Wildman–Crippen MR) is 127 cm³/mol. The van der Waals surface area contributed by atoms with Crippen LogP contribution in [0.1, 0.15) is 39.2 Å². The summed E-state index contributed by atoms with van der Waals surface area (Å²) in [5, 5.41) is 3.73. The highest BCUT2D eigenvalue weighted by molar-refractivity contribution is 9.10. The van der Waals surface area contributed by atoms with E-state index < -0.39 is 7.60 Å². The Bertz CT molecular complexity index is 1080. The van der Waals surface area contributed by atoms with Crippen LogP contribution >= 0.6 is 23.5 Å². The van der Waals surface area contributed by atoms with E-state index in [0.29, 0.717) is 52.7 Å². The number of hydrogen-bond donors (Lipinski definition) is 2. The number of imidazole rings is 1. The lowest BCUT2D eigenvalue weighted by Gasteiger charge is -2.18. The first-order valence-corrected chi connectivity index (χ1v) is 12.7. The monoisotopic (exact) mass is 510 g/mol. The van der Waals surface area contributed by atoms with Gasteiger partial charge in [0.2, 0.25) is 5.95 Å². The van der Waals surface area contributed by atoms with Gasteiger partial charge in [0.1, 0.15) is 0 Å².